The third-order valence-corrected chi connectivity index (χ3v) is 4.15. The fourth-order valence-electron chi connectivity index (χ4n) is 2.72. The molecule has 1 N–H and O–H groups in total. The fourth-order valence-corrected chi connectivity index (χ4v) is 2.72. The molecule has 2 aromatic carbocycles. The van der Waals surface area contributed by atoms with E-state index in [1.54, 1.807) is 36.7 Å². The van der Waals surface area contributed by atoms with Crippen LogP contribution in [-0.4, -0.2) is 15.5 Å². The van der Waals surface area contributed by atoms with Crippen molar-refractivity contribution in [3.63, 3.8) is 0 Å². The van der Waals surface area contributed by atoms with Gasteiger partial charge in [0.05, 0.1) is 17.1 Å². The van der Waals surface area contributed by atoms with E-state index in [0.717, 1.165) is 5.56 Å². The minimum absolute atomic E-state index is 0.0933. The van der Waals surface area contributed by atoms with Crippen molar-refractivity contribution in [1.29, 1.82) is 0 Å². The maximum atomic E-state index is 12.5. The first-order valence-corrected chi connectivity index (χ1v) is 7.80. The van der Waals surface area contributed by atoms with Crippen molar-refractivity contribution in [2.75, 3.05) is 0 Å². The minimum Gasteiger partial charge on any atom is -0.346 e. The highest BCUT2D eigenvalue weighted by Gasteiger charge is 2.13. The molecule has 0 aliphatic heterocycles. The third kappa shape index (κ3) is 2.93. The molecule has 0 spiro atoms. The van der Waals surface area contributed by atoms with Gasteiger partial charge >= 0.3 is 0 Å². The van der Waals surface area contributed by atoms with E-state index in [9.17, 15) is 9.59 Å². The quantitative estimate of drug-likeness (QED) is 0.807. The molecule has 5 nitrogen and oxygen atoms in total. The van der Waals surface area contributed by atoms with Crippen molar-refractivity contribution in [2.24, 2.45) is 7.05 Å². The second kappa shape index (κ2) is 6.28. The number of carbonyl (C=O) groups is 1. The highest BCUT2D eigenvalue weighted by atomic mass is 16.1. The number of benzene rings is 2. The Kier molecular flexibility index (Phi) is 4.16. The number of aromatic nitrogens is 2. The summed E-state index contributed by atoms with van der Waals surface area (Å²) in [7, 11) is 1.70. The summed E-state index contributed by atoms with van der Waals surface area (Å²) in [6.07, 6.45) is 0. The van der Waals surface area contributed by atoms with Crippen LogP contribution in [0.3, 0.4) is 0 Å². The predicted molar refractivity (Wildman–Crippen MR) is 94.0 cm³/mol. The minimum atomic E-state index is -0.165. The Morgan fingerprint density at radius 2 is 1.88 bits per heavy atom. The average molecular weight is 321 g/mol. The normalized spacial score (nSPS) is 12.1. The first kappa shape index (κ1) is 15.9. The molecule has 3 rings (SSSR count). The Balaban J connectivity index is 1.90. The number of aryl methyl sites for hydroxylation is 2. The molecule has 0 aliphatic rings. The van der Waals surface area contributed by atoms with Crippen LogP contribution in [0.15, 0.2) is 53.3 Å². The number of hydrogen-bond donors (Lipinski definition) is 1. The highest BCUT2D eigenvalue weighted by Crippen LogP contribution is 2.15. The molecule has 5 heteroatoms. The van der Waals surface area contributed by atoms with Crippen molar-refractivity contribution in [3.8, 4) is 0 Å². The molecule has 24 heavy (non-hydrogen) atoms. The Morgan fingerprint density at radius 1 is 1.17 bits per heavy atom. The SMILES string of the molecule is Cc1nc2cc(C(=O)N[C@@H](C)c3ccccc3)ccc2n(C)c1=O. The first-order chi connectivity index (χ1) is 11.5. The van der Waals surface area contributed by atoms with Crippen LogP contribution in [0, 0.1) is 6.92 Å². The van der Waals surface area contributed by atoms with Crippen molar-refractivity contribution in [2.45, 2.75) is 19.9 Å². The molecule has 1 amide bonds. The first-order valence-electron chi connectivity index (χ1n) is 7.80. The van der Waals surface area contributed by atoms with Gasteiger partial charge in [-0.2, -0.15) is 0 Å². The van der Waals surface area contributed by atoms with Gasteiger partial charge in [0.15, 0.2) is 0 Å². The lowest BCUT2D eigenvalue weighted by atomic mass is 10.1. The van der Waals surface area contributed by atoms with Gasteiger partial charge in [-0.15, -0.1) is 0 Å². The van der Waals surface area contributed by atoms with Crippen molar-refractivity contribution < 1.29 is 4.79 Å². The van der Waals surface area contributed by atoms with Gasteiger partial charge < -0.3 is 9.88 Å². The predicted octanol–water partition coefficient (Wildman–Crippen LogP) is 2.73. The van der Waals surface area contributed by atoms with E-state index in [-0.39, 0.29) is 17.5 Å². The lowest BCUT2D eigenvalue weighted by molar-refractivity contribution is 0.0940. The summed E-state index contributed by atoms with van der Waals surface area (Å²) in [6.45, 7) is 3.62. The van der Waals surface area contributed by atoms with Gasteiger partial charge in [0.25, 0.3) is 11.5 Å². The maximum Gasteiger partial charge on any atom is 0.272 e. The zero-order valence-electron chi connectivity index (χ0n) is 13.9. The van der Waals surface area contributed by atoms with Crippen molar-refractivity contribution in [3.05, 3.63) is 75.7 Å². The second-order valence-corrected chi connectivity index (χ2v) is 5.87. The molecule has 1 atom stereocenters. The van der Waals surface area contributed by atoms with Crippen LogP contribution in [0.25, 0.3) is 11.0 Å². The van der Waals surface area contributed by atoms with Crippen LogP contribution in [0.2, 0.25) is 0 Å². The van der Waals surface area contributed by atoms with Gasteiger partial charge in [0.2, 0.25) is 0 Å². The van der Waals surface area contributed by atoms with Gasteiger partial charge in [-0.25, -0.2) is 4.98 Å². The molecule has 0 fully saturated rings. The molecule has 0 unspecified atom stereocenters. The molecule has 0 radical (unpaired) electrons. The van der Waals surface area contributed by atoms with Gasteiger partial charge in [-0.05, 0) is 37.6 Å². The van der Waals surface area contributed by atoms with Gasteiger partial charge in [-0.1, -0.05) is 30.3 Å². The molecule has 1 aromatic heterocycles. The Labute approximate surface area is 140 Å². The Hall–Kier alpha value is -2.95. The molecule has 0 aliphatic carbocycles. The maximum absolute atomic E-state index is 12.5. The zero-order chi connectivity index (χ0) is 17.3. The van der Waals surface area contributed by atoms with Crippen LogP contribution >= 0.6 is 0 Å². The largest absolute Gasteiger partial charge is 0.346 e. The summed E-state index contributed by atoms with van der Waals surface area (Å²) in [5, 5.41) is 2.98. The molecular formula is C19H19N3O2. The van der Waals surface area contributed by atoms with E-state index < -0.39 is 0 Å². The number of nitrogens with zero attached hydrogens (tertiary/aromatic N) is 2. The Morgan fingerprint density at radius 3 is 2.58 bits per heavy atom. The van der Waals surface area contributed by atoms with Crippen molar-refractivity contribution in [1.82, 2.24) is 14.9 Å². The summed E-state index contributed by atoms with van der Waals surface area (Å²) >= 11 is 0. The fraction of sp³-hybridized carbons (Fsp3) is 0.211. The van der Waals surface area contributed by atoms with E-state index in [0.29, 0.717) is 22.3 Å². The topological polar surface area (TPSA) is 64.0 Å². The number of amides is 1. The zero-order valence-corrected chi connectivity index (χ0v) is 13.9. The van der Waals surface area contributed by atoms with Gasteiger partial charge in [0.1, 0.15) is 5.69 Å². The average Bonchev–Trinajstić information content (AvgIpc) is 2.60. The van der Waals surface area contributed by atoms with Crippen LogP contribution in [-0.2, 0) is 7.05 Å². The molecule has 122 valence electrons. The van der Waals surface area contributed by atoms with E-state index in [1.165, 1.54) is 0 Å². The van der Waals surface area contributed by atoms with E-state index >= 15 is 0 Å². The van der Waals surface area contributed by atoms with Gasteiger partial charge in [-0.3, -0.25) is 9.59 Å². The number of fused-ring (bicyclic) bond motifs is 1. The van der Waals surface area contributed by atoms with E-state index in [2.05, 4.69) is 10.3 Å². The number of nitrogens with one attached hydrogen (secondary N) is 1. The monoisotopic (exact) mass is 321 g/mol. The molecular weight excluding hydrogens is 302 g/mol. The number of hydrogen-bond acceptors (Lipinski definition) is 3. The molecule has 3 aromatic rings. The summed E-state index contributed by atoms with van der Waals surface area (Å²) < 4.78 is 1.55. The standard InChI is InChI=1S/C19H19N3O2/c1-12(14-7-5-4-6-8-14)21-18(23)15-9-10-17-16(11-15)20-13(2)19(24)22(17)3/h4-12H,1-3H3,(H,21,23)/t12-/m0/s1. The number of rotatable bonds is 3. The summed E-state index contributed by atoms with van der Waals surface area (Å²) in [4.78, 5) is 28.7. The van der Waals surface area contributed by atoms with E-state index in [1.807, 2.05) is 37.3 Å². The van der Waals surface area contributed by atoms with Crippen LogP contribution < -0.4 is 10.9 Å². The summed E-state index contributed by atoms with van der Waals surface area (Å²) in [5.41, 5.74) is 3.20. The molecule has 1 heterocycles. The molecule has 0 bridgehead atoms. The summed E-state index contributed by atoms with van der Waals surface area (Å²) in [6, 6.07) is 14.9. The third-order valence-electron chi connectivity index (χ3n) is 4.15. The molecule has 0 saturated heterocycles. The lowest BCUT2D eigenvalue weighted by Crippen LogP contribution is -2.27. The van der Waals surface area contributed by atoms with Crippen LogP contribution in [0.4, 0.5) is 0 Å². The Bertz CT molecular complexity index is 962. The van der Waals surface area contributed by atoms with Crippen LogP contribution in [0.1, 0.15) is 34.6 Å². The van der Waals surface area contributed by atoms with Crippen molar-refractivity contribution >= 4 is 16.9 Å². The lowest BCUT2D eigenvalue weighted by Gasteiger charge is -2.15. The second-order valence-electron chi connectivity index (χ2n) is 5.87. The van der Waals surface area contributed by atoms with Crippen LogP contribution in [0.5, 0.6) is 0 Å². The van der Waals surface area contributed by atoms with E-state index in [4.69, 9.17) is 0 Å². The molecule has 0 saturated carbocycles. The summed E-state index contributed by atoms with van der Waals surface area (Å²) in [5.74, 6) is -0.165. The number of carbonyl (C=O) groups excluding carboxylic acids is 1. The van der Waals surface area contributed by atoms with Gasteiger partial charge in [0, 0.05) is 12.6 Å². The smallest absolute Gasteiger partial charge is 0.272 e. The highest BCUT2D eigenvalue weighted by molar-refractivity contribution is 5.97.